The third-order valence-electron chi connectivity index (χ3n) is 5.83. The number of carbonyl (C=O) groups is 1. The Balaban J connectivity index is 1.77. The van der Waals surface area contributed by atoms with Gasteiger partial charge in [0.2, 0.25) is 0 Å². The SMILES string of the molecule is CCn1c(=O)[nH]c2cc(C(=O)N(c3ccc(OC)cc3)C(C)C3CC3)ccc2c1=O. The van der Waals surface area contributed by atoms with Gasteiger partial charge in [-0.05, 0) is 75.1 Å². The number of carbonyl (C=O) groups excluding carboxylic acids is 1. The summed E-state index contributed by atoms with van der Waals surface area (Å²) < 4.78 is 6.38. The van der Waals surface area contributed by atoms with E-state index in [1.54, 1.807) is 37.1 Å². The van der Waals surface area contributed by atoms with Crippen LogP contribution < -0.4 is 20.9 Å². The van der Waals surface area contributed by atoms with Gasteiger partial charge in [0.1, 0.15) is 5.75 Å². The second-order valence-corrected chi connectivity index (χ2v) is 7.69. The maximum atomic E-state index is 13.5. The van der Waals surface area contributed by atoms with Gasteiger partial charge in [0, 0.05) is 23.8 Å². The van der Waals surface area contributed by atoms with E-state index in [0.717, 1.165) is 28.8 Å². The van der Waals surface area contributed by atoms with E-state index in [9.17, 15) is 14.4 Å². The molecule has 0 spiro atoms. The number of hydrogen-bond acceptors (Lipinski definition) is 4. The van der Waals surface area contributed by atoms with Crippen molar-refractivity contribution >= 4 is 22.5 Å². The van der Waals surface area contributed by atoms with Crippen LogP contribution in [0.2, 0.25) is 0 Å². The van der Waals surface area contributed by atoms with Crippen molar-refractivity contribution in [2.75, 3.05) is 12.0 Å². The number of hydrogen-bond donors (Lipinski definition) is 1. The molecular weight excluding hydrogens is 382 g/mol. The lowest BCUT2D eigenvalue weighted by molar-refractivity contribution is 0.0975. The molecule has 1 amide bonds. The van der Waals surface area contributed by atoms with Crippen molar-refractivity contribution in [2.45, 2.75) is 39.3 Å². The van der Waals surface area contributed by atoms with Crippen LogP contribution in [0.15, 0.2) is 52.1 Å². The van der Waals surface area contributed by atoms with Gasteiger partial charge in [0.25, 0.3) is 11.5 Å². The first-order valence-corrected chi connectivity index (χ1v) is 10.2. The number of fused-ring (bicyclic) bond motifs is 1. The van der Waals surface area contributed by atoms with Gasteiger partial charge in [-0.25, -0.2) is 4.79 Å². The van der Waals surface area contributed by atoms with Crippen molar-refractivity contribution < 1.29 is 9.53 Å². The molecule has 1 aromatic heterocycles. The van der Waals surface area contributed by atoms with Gasteiger partial charge in [0.05, 0.1) is 18.0 Å². The molecule has 0 bridgehead atoms. The zero-order valence-electron chi connectivity index (χ0n) is 17.3. The van der Waals surface area contributed by atoms with Crippen molar-refractivity contribution in [3.63, 3.8) is 0 Å². The van der Waals surface area contributed by atoms with Crippen LogP contribution in [0.4, 0.5) is 5.69 Å². The topological polar surface area (TPSA) is 84.4 Å². The third kappa shape index (κ3) is 3.51. The molecule has 1 atom stereocenters. The molecule has 1 N–H and O–H groups in total. The Labute approximate surface area is 173 Å². The Morgan fingerprint density at radius 1 is 1.20 bits per heavy atom. The summed E-state index contributed by atoms with van der Waals surface area (Å²) in [4.78, 5) is 42.8. The van der Waals surface area contributed by atoms with Gasteiger partial charge in [-0.15, -0.1) is 0 Å². The molecule has 1 heterocycles. The number of methoxy groups -OCH3 is 1. The Bertz CT molecular complexity index is 1210. The fourth-order valence-corrected chi connectivity index (χ4v) is 3.88. The molecule has 7 heteroatoms. The standard InChI is InChI=1S/C23H25N3O4/c1-4-25-22(28)19-12-7-16(13-20(19)24-23(25)29)21(27)26(14(2)15-5-6-15)17-8-10-18(30-3)11-9-17/h7-15H,4-6H2,1-3H3,(H,24,29). The highest BCUT2D eigenvalue weighted by molar-refractivity contribution is 6.08. The lowest BCUT2D eigenvalue weighted by atomic mass is 10.1. The Morgan fingerprint density at radius 2 is 1.90 bits per heavy atom. The lowest BCUT2D eigenvalue weighted by Crippen LogP contribution is -2.40. The van der Waals surface area contributed by atoms with E-state index in [2.05, 4.69) is 11.9 Å². The number of amides is 1. The van der Waals surface area contributed by atoms with Crippen molar-refractivity contribution in [3.8, 4) is 5.75 Å². The van der Waals surface area contributed by atoms with E-state index in [-0.39, 0.29) is 24.1 Å². The Kier molecular flexibility index (Phi) is 5.20. The second-order valence-electron chi connectivity index (χ2n) is 7.69. The second kappa shape index (κ2) is 7.82. The van der Waals surface area contributed by atoms with Crippen molar-refractivity contribution in [3.05, 3.63) is 68.9 Å². The van der Waals surface area contributed by atoms with Gasteiger partial charge in [0.15, 0.2) is 0 Å². The molecular formula is C23H25N3O4. The number of rotatable bonds is 6. The largest absolute Gasteiger partial charge is 0.497 e. The van der Waals surface area contributed by atoms with Crippen LogP contribution in [-0.4, -0.2) is 28.6 Å². The Hall–Kier alpha value is -3.35. The van der Waals surface area contributed by atoms with Crippen LogP contribution in [-0.2, 0) is 6.54 Å². The Morgan fingerprint density at radius 3 is 2.50 bits per heavy atom. The van der Waals surface area contributed by atoms with E-state index in [1.807, 2.05) is 24.3 Å². The minimum Gasteiger partial charge on any atom is -0.497 e. The lowest BCUT2D eigenvalue weighted by Gasteiger charge is -2.30. The van der Waals surface area contributed by atoms with Crippen LogP contribution in [0.25, 0.3) is 10.9 Å². The molecule has 0 radical (unpaired) electrons. The maximum Gasteiger partial charge on any atom is 0.328 e. The summed E-state index contributed by atoms with van der Waals surface area (Å²) in [6.07, 6.45) is 2.20. The van der Waals surface area contributed by atoms with Crippen LogP contribution in [0, 0.1) is 5.92 Å². The molecule has 4 rings (SSSR count). The van der Waals surface area contributed by atoms with Crippen molar-refractivity contribution in [1.29, 1.82) is 0 Å². The van der Waals surface area contributed by atoms with Crippen LogP contribution in [0.5, 0.6) is 5.75 Å². The number of nitrogens with zero attached hydrogens (tertiary/aromatic N) is 2. The number of anilines is 1. The molecule has 7 nitrogen and oxygen atoms in total. The zero-order chi connectivity index (χ0) is 21.4. The van der Waals surface area contributed by atoms with E-state index < -0.39 is 5.69 Å². The van der Waals surface area contributed by atoms with Crippen molar-refractivity contribution in [2.24, 2.45) is 5.92 Å². The number of aromatic amines is 1. The average molecular weight is 407 g/mol. The van der Waals surface area contributed by atoms with Crippen LogP contribution >= 0.6 is 0 Å². The van der Waals surface area contributed by atoms with Gasteiger partial charge < -0.3 is 14.6 Å². The van der Waals surface area contributed by atoms with E-state index in [4.69, 9.17) is 4.74 Å². The van der Waals surface area contributed by atoms with Crippen LogP contribution in [0.3, 0.4) is 0 Å². The summed E-state index contributed by atoms with van der Waals surface area (Å²) in [5.41, 5.74) is 0.756. The predicted molar refractivity (Wildman–Crippen MR) is 116 cm³/mol. The molecule has 1 aliphatic carbocycles. The highest BCUT2D eigenvalue weighted by Crippen LogP contribution is 2.38. The normalized spacial score (nSPS) is 14.5. The minimum atomic E-state index is -0.474. The summed E-state index contributed by atoms with van der Waals surface area (Å²) in [7, 11) is 1.60. The van der Waals surface area contributed by atoms with Gasteiger partial charge in [-0.1, -0.05) is 0 Å². The fourth-order valence-electron chi connectivity index (χ4n) is 3.88. The smallest absolute Gasteiger partial charge is 0.328 e. The molecule has 1 aliphatic rings. The highest BCUT2D eigenvalue weighted by atomic mass is 16.5. The minimum absolute atomic E-state index is 0.0359. The van der Waals surface area contributed by atoms with E-state index in [0.29, 0.717) is 22.4 Å². The monoisotopic (exact) mass is 407 g/mol. The van der Waals surface area contributed by atoms with Crippen molar-refractivity contribution in [1.82, 2.24) is 9.55 Å². The average Bonchev–Trinajstić information content (AvgIpc) is 3.59. The molecule has 1 saturated carbocycles. The summed E-state index contributed by atoms with van der Waals surface area (Å²) in [6.45, 7) is 4.09. The number of aromatic nitrogens is 2. The predicted octanol–water partition coefficient (Wildman–Crippen LogP) is 3.16. The zero-order valence-corrected chi connectivity index (χ0v) is 17.3. The molecule has 0 saturated heterocycles. The number of benzene rings is 2. The fraction of sp³-hybridized carbons (Fsp3) is 0.348. The number of H-pyrrole nitrogens is 1. The first-order chi connectivity index (χ1) is 14.4. The summed E-state index contributed by atoms with van der Waals surface area (Å²) in [5.74, 6) is 1.02. The molecule has 2 aromatic carbocycles. The summed E-state index contributed by atoms with van der Waals surface area (Å²) in [6, 6.07) is 12.3. The highest BCUT2D eigenvalue weighted by Gasteiger charge is 2.35. The summed E-state index contributed by atoms with van der Waals surface area (Å²) >= 11 is 0. The molecule has 3 aromatic rings. The van der Waals surface area contributed by atoms with Gasteiger partial charge >= 0.3 is 5.69 Å². The van der Waals surface area contributed by atoms with Crippen LogP contribution in [0.1, 0.15) is 37.0 Å². The molecule has 1 fully saturated rings. The van der Waals surface area contributed by atoms with E-state index >= 15 is 0 Å². The molecule has 1 unspecified atom stereocenters. The third-order valence-corrected chi connectivity index (χ3v) is 5.83. The number of ether oxygens (including phenoxy) is 1. The number of nitrogens with one attached hydrogen (secondary N) is 1. The van der Waals surface area contributed by atoms with Gasteiger partial charge in [-0.2, -0.15) is 0 Å². The summed E-state index contributed by atoms with van der Waals surface area (Å²) in [5, 5.41) is 0.388. The van der Waals surface area contributed by atoms with Gasteiger partial charge in [-0.3, -0.25) is 14.2 Å². The first-order valence-electron chi connectivity index (χ1n) is 10.2. The van der Waals surface area contributed by atoms with E-state index in [1.165, 1.54) is 0 Å². The molecule has 30 heavy (non-hydrogen) atoms. The first kappa shape index (κ1) is 19.9. The maximum absolute atomic E-state index is 13.5. The quantitative estimate of drug-likeness (QED) is 0.680. The molecule has 0 aliphatic heterocycles. The molecule has 156 valence electrons.